The van der Waals surface area contributed by atoms with Gasteiger partial charge in [-0.2, -0.15) is 0 Å². The molecule has 2 aliphatic heterocycles. The number of nitrogens with zero attached hydrogens (tertiary/aromatic N) is 2. The summed E-state index contributed by atoms with van der Waals surface area (Å²) >= 11 is 0. The van der Waals surface area contributed by atoms with Crippen LogP contribution in [0.15, 0.2) is 36.5 Å². The van der Waals surface area contributed by atoms with Gasteiger partial charge in [0.25, 0.3) is 0 Å². The smallest absolute Gasteiger partial charge is 0.225 e. The zero-order chi connectivity index (χ0) is 22.1. The lowest BCUT2D eigenvalue weighted by molar-refractivity contribution is -0.137. The van der Waals surface area contributed by atoms with Crippen LogP contribution in [0.3, 0.4) is 0 Å². The van der Waals surface area contributed by atoms with E-state index >= 15 is 0 Å². The van der Waals surface area contributed by atoms with E-state index in [1.165, 1.54) is 33.3 Å². The molecule has 0 atom stereocenters. The Labute approximate surface area is 190 Å². The molecule has 4 heterocycles. The summed E-state index contributed by atoms with van der Waals surface area (Å²) in [6.07, 6.45) is 6.97. The first kappa shape index (κ1) is 21.2. The first-order valence-corrected chi connectivity index (χ1v) is 12.2. The van der Waals surface area contributed by atoms with Gasteiger partial charge in [0.15, 0.2) is 0 Å². The van der Waals surface area contributed by atoms with Gasteiger partial charge >= 0.3 is 0 Å². The predicted molar refractivity (Wildman–Crippen MR) is 130 cm³/mol. The van der Waals surface area contributed by atoms with Crippen LogP contribution in [0.5, 0.6) is 0 Å². The Balaban J connectivity index is 1.35. The average molecular weight is 431 g/mol. The Kier molecular flexibility index (Phi) is 6.01. The molecule has 3 aromatic rings. The topological polar surface area (TPSA) is 61.0 Å². The first-order chi connectivity index (χ1) is 15.6. The van der Waals surface area contributed by atoms with Crippen LogP contribution >= 0.6 is 0 Å². The summed E-state index contributed by atoms with van der Waals surface area (Å²) in [6, 6.07) is 11.2. The van der Waals surface area contributed by atoms with Gasteiger partial charge in [-0.05, 0) is 93.4 Å². The van der Waals surface area contributed by atoms with Crippen molar-refractivity contribution in [1.29, 1.82) is 0 Å². The summed E-state index contributed by atoms with van der Waals surface area (Å²) in [6.45, 7) is 8.01. The molecule has 5 heteroatoms. The number of hydrogen-bond acceptors (Lipinski definition) is 3. The number of carbonyl (C=O) groups is 1. The van der Waals surface area contributed by atoms with Crippen LogP contribution in [0.25, 0.3) is 22.2 Å². The standard InChI is InChI=1S/C27H34N4O/c1-3-23-24-17-21(4-5-25(24)30-26(23)22-8-13-29-18(2)16-22)19-9-14-31(15-10-19)27(32)20-6-11-28-12-7-20/h4-5,8,13,16-17,19-20,28,30H,3,6-7,9-12,14-15H2,1-2H3. The Bertz CT molecular complexity index is 1100. The van der Waals surface area contributed by atoms with Crippen molar-refractivity contribution in [3.05, 3.63) is 53.3 Å². The quantitative estimate of drug-likeness (QED) is 0.625. The van der Waals surface area contributed by atoms with E-state index in [0.29, 0.717) is 11.8 Å². The zero-order valence-corrected chi connectivity index (χ0v) is 19.3. The maximum atomic E-state index is 12.9. The fourth-order valence-corrected chi connectivity index (χ4v) is 5.59. The van der Waals surface area contributed by atoms with Gasteiger partial charge in [0.05, 0.1) is 0 Å². The summed E-state index contributed by atoms with van der Waals surface area (Å²) < 4.78 is 0. The molecule has 0 spiro atoms. The number of benzene rings is 1. The molecule has 5 nitrogen and oxygen atoms in total. The molecule has 1 aromatic carbocycles. The highest BCUT2D eigenvalue weighted by atomic mass is 16.2. The number of hydrogen-bond donors (Lipinski definition) is 2. The molecule has 2 fully saturated rings. The van der Waals surface area contributed by atoms with Gasteiger partial charge < -0.3 is 15.2 Å². The van der Waals surface area contributed by atoms with Gasteiger partial charge in [0.2, 0.25) is 5.91 Å². The van der Waals surface area contributed by atoms with Crippen molar-refractivity contribution in [2.24, 2.45) is 5.92 Å². The number of piperidine rings is 2. The number of nitrogens with one attached hydrogen (secondary N) is 2. The number of rotatable bonds is 4. The molecule has 0 saturated carbocycles. The minimum absolute atomic E-state index is 0.228. The number of amides is 1. The Morgan fingerprint density at radius 1 is 1.09 bits per heavy atom. The van der Waals surface area contributed by atoms with E-state index in [2.05, 4.69) is 57.4 Å². The number of aryl methyl sites for hydroxylation is 2. The van der Waals surface area contributed by atoms with Crippen LogP contribution in [-0.2, 0) is 11.2 Å². The van der Waals surface area contributed by atoms with E-state index < -0.39 is 0 Å². The minimum atomic E-state index is 0.228. The molecule has 1 amide bonds. The van der Waals surface area contributed by atoms with E-state index in [-0.39, 0.29) is 5.92 Å². The molecule has 32 heavy (non-hydrogen) atoms. The molecule has 168 valence electrons. The summed E-state index contributed by atoms with van der Waals surface area (Å²) in [7, 11) is 0. The maximum Gasteiger partial charge on any atom is 0.225 e. The third kappa shape index (κ3) is 4.06. The molecule has 0 aliphatic carbocycles. The number of aromatic nitrogens is 2. The van der Waals surface area contributed by atoms with Crippen molar-refractivity contribution in [1.82, 2.24) is 20.2 Å². The molecule has 2 N–H and O–H groups in total. The second kappa shape index (κ2) is 9.07. The number of pyridine rings is 1. The second-order valence-electron chi connectivity index (χ2n) is 9.45. The lowest BCUT2D eigenvalue weighted by atomic mass is 9.87. The lowest BCUT2D eigenvalue weighted by Crippen LogP contribution is -2.44. The van der Waals surface area contributed by atoms with Gasteiger partial charge in [0, 0.05) is 53.1 Å². The highest BCUT2D eigenvalue weighted by Gasteiger charge is 2.29. The van der Waals surface area contributed by atoms with Gasteiger partial charge in [-0.15, -0.1) is 0 Å². The normalized spacial score (nSPS) is 18.4. The molecule has 0 bridgehead atoms. The van der Waals surface area contributed by atoms with Crippen molar-refractivity contribution in [2.75, 3.05) is 26.2 Å². The zero-order valence-electron chi connectivity index (χ0n) is 19.3. The Morgan fingerprint density at radius 3 is 2.59 bits per heavy atom. The minimum Gasteiger partial charge on any atom is -0.354 e. The monoisotopic (exact) mass is 430 g/mol. The second-order valence-corrected chi connectivity index (χ2v) is 9.45. The van der Waals surface area contributed by atoms with Crippen LogP contribution < -0.4 is 5.32 Å². The third-order valence-electron chi connectivity index (χ3n) is 7.44. The summed E-state index contributed by atoms with van der Waals surface area (Å²) in [5, 5.41) is 4.70. The SMILES string of the molecule is CCc1c(-c2ccnc(C)c2)[nH]c2ccc(C3CCN(C(=O)C4CCNCC4)CC3)cc12. The summed E-state index contributed by atoms with van der Waals surface area (Å²) in [5.41, 5.74) is 7.45. The molecule has 0 unspecified atom stereocenters. The molecular formula is C27H34N4O. The molecule has 0 radical (unpaired) electrons. The Morgan fingerprint density at radius 2 is 1.88 bits per heavy atom. The van der Waals surface area contributed by atoms with E-state index in [4.69, 9.17) is 0 Å². The average Bonchev–Trinajstić information content (AvgIpc) is 3.22. The molecule has 5 rings (SSSR count). The highest BCUT2D eigenvalue weighted by Crippen LogP contribution is 2.35. The highest BCUT2D eigenvalue weighted by molar-refractivity contribution is 5.91. The van der Waals surface area contributed by atoms with Gasteiger partial charge in [-0.25, -0.2) is 0 Å². The Hall–Kier alpha value is -2.66. The van der Waals surface area contributed by atoms with Crippen molar-refractivity contribution in [3.8, 4) is 11.3 Å². The van der Waals surface area contributed by atoms with Crippen LogP contribution in [0.4, 0.5) is 0 Å². The van der Waals surface area contributed by atoms with Crippen LogP contribution in [0.2, 0.25) is 0 Å². The fraction of sp³-hybridized carbons (Fsp3) is 0.481. The number of carbonyl (C=O) groups excluding carboxylic acids is 1. The van der Waals surface area contributed by atoms with Crippen molar-refractivity contribution < 1.29 is 4.79 Å². The largest absolute Gasteiger partial charge is 0.354 e. The lowest BCUT2D eigenvalue weighted by Gasteiger charge is -2.35. The van der Waals surface area contributed by atoms with Gasteiger partial charge in [-0.1, -0.05) is 13.0 Å². The first-order valence-electron chi connectivity index (χ1n) is 12.2. The van der Waals surface area contributed by atoms with Gasteiger partial charge in [-0.3, -0.25) is 9.78 Å². The predicted octanol–water partition coefficient (Wildman–Crippen LogP) is 4.81. The molecule has 2 saturated heterocycles. The maximum absolute atomic E-state index is 12.9. The molecular weight excluding hydrogens is 396 g/mol. The van der Waals surface area contributed by atoms with Crippen LogP contribution in [0, 0.1) is 12.8 Å². The van der Waals surface area contributed by atoms with Crippen LogP contribution in [0.1, 0.15) is 55.3 Å². The summed E-state index contributed by atoms with van der Waals surface area (Å²) in [5.74, 6) is 1.14. The molecule has 2 aliphatic rings. The van der Waals surface area contributed by atoms with Crippen LogP contribution in [-0.4, -0.2) is 47.0 Å². The van der Waals surface area contributed by atoms with Crippen molar-refractivity contribution >= 4 is 16.8 Å². The van der Waals surface area contributed by atoms with Crippen molar-refractivity contribution in [3.63, 3.8) is 0 Å². The van der Waals surface area contributed by atoms with E-state index in [1.807, 2.05) is 13.1 Å². The fourth-order valence-electron chi connectivity index (χ4n) is 5.59. The third-order valence-corrected chi connectivity index (χ3v) is 7.44. The number of H-pyrrole nitrogens is 1. The van der Waals surface area contributed by atoms with E-state index in [1.54, 1.807) is 0 Å². The number of fused-ring (bicyclic) bond motifs is 1. The molecule has 2 aromatic heterocycles. The summed E-state index contributed by atoms with van der Waals surface area (Å²) in [4.78, 5) is 23.0. The number of aromatic amines is 1. The number of likely N-dealkylation sites (tertiary alicyclic amines) is 1. The van der Waals surface area contributed by atoms with Gasteiger partial charge in [0.1, 0.15) is 0 Å². The van der Waals surface area contributed by atoms with Crippen molar-refractivity contribution in [2.45, 2.75) is 51.9 Å². The van der Waals surface area contributed by atoms with E-state index in [0.717, 1.165) is 64.0 Å². The van der Waals surface area contributed by atoms with E-state index in [9.17, 15) is 4.79 Å².